The molecule has 5 rings (SSSR count). The van der Waals surface area contributed by atoms with Gasteiger partial charge in [-0.2, -0.15) is 0 Å². The van der Waals surface area contributed by atoms with E-state index in [-0.39, 0.29) is 11.9 Å². The smallest absolute Gasteiger partial charge is 0.272 e. The van der Waals surface area contributed by atoms with Gasteiger partial charge in [0.25, 0.3) is 5.91 Å². The van der Waals surface area contributed by atoms with E-state index in [2.05, 4.69) is 41.1 Å². The van der Waals surface area contributed by atoms with Gasteiger partial charge < -0.3 is 20.1 Å². The summed E-state index contributed by atoms with van der Waals surface area (Å²) in [7, 11) is 0.323. The number of pyridine rings is 2. The van der Waals surface area contributed by atoms with Crippen LogP contribution < -0.4 is 10.5 Å². The lowest BCUT2D eigenvalue weighted by atomic mass is 10.0. The molecule has 2 N–H and O–H groups in total. The molecule has 0 fully saturated rings. The van der Waals surface area contributed by atoms with Crippen LogP contribution in [0.25, 0.3) is 10.9 Å². The molecule has 168 valence electrons. The largest absolute Gasteiger partial charge is 0.491 e. The number of aromatic nitrogens is 2. The quantitative estimate of drug-likeness (QED) is 0.465. The van der Waals surface area contributed by atoms with Gasteiger partial charge >= 0.3 is 0 Å². The zero-order valence-corrected chi connectivity index (χ0v) is 20.2. The number of hydrogen-bond donors (Lipinski definition) is 1. The number of carbonyl (C=O) groups excluding carboxylic acids is 1. The van der Waals surface area contributed by atoms with Gasteiger partial charge in [0.15, 0.2) is 0 Å². The summed E-state index contributed by atoms with van der Waals surface area (Å²) >= 11 is 0. The Kier molecular flexibility index (Phi) is 5.11. The molecule has 2 aliphatic heterocycles. The Labute approximate surface area is 193 Å². The fraction of sp³-hybridized carbons (Fsp3) is 0.320. The molecule has 1 atom stereocenters. The first-order valence-electron chi connectivity index (χ1n) is 10.9. The molecule has 0 aliphatic carbocycles. The van der Waals surface area contributed by atoms with Gasteiger partial charge in [0.1, 0.15) is 31.9 Å². The Morgan fingerprint density at radius 1 is 1.21 bits per heavy atom. The molecule has 7 nitrogen and oxygen atoms in total. The lowest BCUT2D eigenvalue weighted by Gasteiger charge is -2.23. The number of nitrogens with two attached hydrogens (primary N) is 1. The van der Waals surface area contributed by atoms with Gasteiger partial charge in [-0.25, -0.2) is 9.97 Å². The molecule has 8 heteroatoms. The molecule has 0 saturated heterocycles. The van der Waals surface area contributed by atoms with Crippen molar-refractivity contribution in [1.82, 2.24) is 14.9 Å². The second-order valence-corrected chi connectivity index (χ2v) is 14.3. The SMILES string of the molecule is CN(C(=O)c1cc2c3c(c(N)nc2cn1)COC3)C1COc2cc(C#C[Si](C)(C)C)ccc21. The highest BCUT2D eigenvalue weighted by Gasteiger charge is 2.32. The van der Waals surface area contributed by atoms with Gasteiger partial charge in [-0.15, -0.1) is 5.54 Å². The van der Waals surface area contributed by atoms with E-state index in [4.69, 9.17) is 15.2 Å². The second-order valence-electron chi connectivity index (χ2n) is 9.53. The maximum Gasteiger partial charge on any atom is 0.272 e. The van der Waals surface area contributed by atoms with E-state index in [0.29, 0.717) is 36.8 Å². The maximum atomic E-state index is 13.3. The second kappa shape index (κ2) is 7.87. The van der Waals surface area contributed by atoms with E-state index in [1.165, 1.54) is 0 Å². The van der Waals surface area contributed by atoms with Crippen LogP contribution in [0, 0.1) is 11.5 Å². The van der Waals surface area contributed by atoms with E-state index >= 15 is 0 Å². The van der Waals surface area contributed by atoms with Crippen molar-refractivity contribution >= 4 is 30.7 Å². The van der Waals surface area contributed by atoms with Gasteiger partial charge in [-0.05, 0) is 23.8 Å². The Hall–Kier alpha value is -3.41. The first kappa shape index (κ1) is 21.4. The average Bonchev–Trinajstić information content (AvgIpc) is 3.44. The van der Waals surface area contributed by atoms with Crippen LogP contribution in [-0.2, 0) is 18.0 Å². The third kappa shape index (κ3) is 3.94. The summed E-state index contributed by atoms with van der Waals surface area (Å²) in [6.45, 7) is 7.95. The van der Waals surface area contributed by atoms with Gasteiger partial charge in [0, 0.05) is 29.1 Å². The van der Waals surface area contributed by atoms with Crippen molar-refractivity contribution in [1.29, 1.82) is 0 Å². The minimum atomic E-state index is -1.46. The first-order chi connectivity index (χ1) is 15.7. The van der Waals surface area contributed by atoms with Crippen LogP contribution in [0.3, 0.4) is 0 Å². The van der Waals surface area contributed by atoms with Gasteiger partial charge in [-0.3, -0.25) is 4.79 Å². The summed E-state index contributed by atoms with van der Waals surface area (Å²) in [5, 5.41) is 0.858. The number of rotatable bonds is 2. The molecule has 3 aromatic rings. The van der Waals surface area contributed by atoms with Crippen LogP contribution in [0.2, 0.25) is 19.6 Å². The van der Waals surface area contributed by atoms with E-state index in [1.807, 2.05) is 18.2 Å². The van der Waals surface area contributed by atoms with Crippen molar-refractivity contribution < 1.29 is 14.3 Å². The minimum Gasteiger partial charge on any atom is -0.491 e. The molecule has 33 heavy (non-hydrogen) atoms. The summed E-state index contributed by atoms with van der Waals surface area (Å²) in [5.74, 6) is 4.33. The molecule has 0 radical (unpaired) electrons. The highest BCUT2D eigenvalue weighted by Crippen LogP contribution is 2.37. The Balaban J connectivity index is 1.42. The van der Waals surface area contributed by atoms with Gasteiger partial charge in [0.05, 0.1) is 31.0 Å². The van der Waals surface area contributed by atoms with E-state index in [9.17, 15) is 4.79 Å². The minimum absolute atomic E-state index is 0.176. The number of hydrogen-bond acceptors (Lipinski definition) is 6. The topological polar surface area (TPSA) is 90.6 Å². The fourth-order valence-corrected chi connectivity index (χ4v) is 4.68. The van der Waals surface area contributed by atoms with Crippen LogP contribution in [0.4, 0.5) is 5.82 Å². The molecular formula is C25H26N4O3Si. The van der Waals surface area contributed by atoms with Crippen LogP contribution in [-0.4, -0.2) is 42.5 Å². The van der Waals surface area contributed by atoms with Gasteiger partial charge in [-0.1, -0.05) is 31.6 Å². The first-order valence-corrected chi connectivity index (χ1v) is 14.4. The number of ether oxygens (including phenoxy) is 2. The van der Waals surface area contributed by atoms with Crippen molar-refractivity contribution in [3.63, 3.8) is 0 Å². The van der Waals surface area contributed by atoms with Crippen molar-refractivity contribution in [3.8, 4) is 17.2 Å². The summed E-state index contributed by atoms with van der Waals surface area (Å²) in [6.07, 6.45) is 1.61. The van der Waals surface area contributed by atoms with Crippen molar-refractivity contribution in [2.75, 3.05) is 19.4 Å². The average molecular weight is 459 g/mol. The maximum absolute atomic E-state index is 13.3. The number of benzene rings is 1. The standard InChI is InChI=1S/C25H26N4O3Si/c1-29(22-14-32-23-9-15(5-6-16(22)23)7-8-33(2,3)4)25(30)20-10-17-18-12-31-13-19(18)24(26)28-21(17)11-27-20/h5-6,9-11,22H,12-14H2,1-4H3,(H2,26,28). The highest BCUT2D eigenvalue weighted by molar-refractivity contribution is 6.83. The molecule has 1 amide bonds. The number of nitrogen functional groups attached to an aromatic ring is 1. The number of anilines is 1. The van der Waals surface area contributed by atoms with E-state index < -0.39 is 8.07 Å². The summed E-state index contributed by atoms with van der Waals surface area (Å²) in [5.41, 5.74) is 14.2. The molecule has 2 aliphatic rings. The fourth-order valence-electron chi connectivity index (χ4n) is 4.16. The number of carbonyl (C=O) groups is 1. The van der Waals surface area contributed by atoms with Crippen molar-refractivity contribution in [3.05, 3.63) is 58.4 Å². The normalized spacial score (nSPS) is 16.5. The van der Waals surface area contributed by atoms with Crippen LogP contribution in [0.1, 0.15) is 38.8 Å². The molecule has 1 aromatic carbocycles. The summed E-state index contributed by atoms with van der Waals surface area (Å²) in [4.78, 5) is 23.8. The number of amides is 1. The van der Waals surface area contributed by atoms with Crippen LogP contribution >= 0.6 is 0 Å². The van der Waals surface area contributed by atoms with E-state index in [1.54, 1.807) is 24.2 Å². The third-order valence-electron chi connectivity index (χ3n) is 5.97. The summed E-state index contributed by atoms with van der Waals surface area (Å²) < 4.78 is 11.5. The molecule has 4 heterocycles. The predicted octanol–water partition coefficient (Wildman–Crippen LogP) is 3.68. The molecule has 2 aromatic heterocycles. The Morgan fingerprint density at radius 2 is 2.00 bits per heavy atom. The molecule has 0 spiro atoms. The zero-order chi connectivity index (χ0) is 23.3. The predicted molar refractivity (Wildman–Crippen MR) is 129 cm³/mol. The lowest BCUT2D eigenvalue weighted by molar-refractivity contribution is 0.0703. The van der Waals surface area contributed by atoms with Crippen LogP contribution in [0.5, 0.6) is 5.75 Å². The zero-order valence-electron chi connectivity index (χ0n) is 19.2. The highest BCUT2D eigenvalue weighted by atomic mass is 28.3. The monoisotopic (exact) mass is 458 g/mol. The van der Waals surface area contributed by atoms with Crippen molar-refractivity contribution in [2.24, 2.45) is 0 Å². The third-order valence-corrected chi connectivity index (χ3v) is 6.85. The molecular weight excluding hydrogens is 432 g/mol. The molecule has 0 saturated carbocycles. The van der Waals surface area contributed by atoms with Crippen LogP contribution in [0.15, 0.2) is 30.5 Å². The number of nitrogens with zero attached hydrogens (tertiary/aromatic N) is 3. The number of fused-ring (bicyclic) bond motifs is 4. The molecule has 0 bridgehead atoms. The lowest BCUT2D eigenvalue weighted by Crippen LogP contribution is -2.32. The Bertz CT molecular complexity index is 1350. The Morgan fingerprint density at radius 3 is 2.79 bits per heavy atom. The van der Waals surface area contributed by atoms with Gasteiger partial charge in [0.2, 0.25) is 0 Å². The van der Waals surface area contributed by atoms with Crippen molar-refractivity contribution in [2.45, 2.75) is 38.9 Å². The summed E-state index contributed by atoms with van der Waals surface area (Å²) in [6, 6.07) is 7.58. The molecule has 1 unspecified atom stereocenters. The van der Waals surface area contributed by atoms with E-state index in [0.717, 1.165) is 33.4 Å². The number of likely N-dealkylation sites (N-methyl/N-ethyl adjacent to an activating group) is 1.